The van der Waals surface area contributed by atoms with E-state index in [0.717, 1.165) is 0 Å². The van der Waals surface area contributed by atoms with Crippen LogP contribution in [0, 0.1) is 13.8 Å². The van der Waals surface area contributed by atoms with Crippen molar-refractivity contribution in [1.82, 2.24) is 9.78 Å². The van der Waals surface area contributed by atoms with Gasteiger partial charge in [-0.2, -0.15) is 5.10 Å². The van der Waals surface area contributed by atoms with Gasteiger partial charge in [-0.1, -0.05) is 11.6 Å². The van der Waals surface area contributed by atoms with Crippen molar-refractivity contribution in [2.24, 2.45) is 0 Å². The van der Waals surface area contributed by atoms with Gasteiger partial charge in [0.25, 0.3) is 0 Å². The first-order valence-corrected chi connectivity index (χ1v) is 4.27. The Balaban J connectivity index is 3.15. The third-order valence-electron chi connectivity index (χ3n) is 1.96. The van der Waals surface area contributed by atoms with E-state index in [1.807, 2.05) is 0 Å². The molecule has 0 aliphatic heterocycles. The molecule has 4 nitrogen and oxygen atoms in total. The van der Waals surface area contributed by atoms with Gasteiger partial charge in [0.1, 0.15) is 6.04 Å². The molecule has 0 aliphatic carbocycles. The lowest BCUT2D eigenvalue weighted by molar-refractivity contribution is -0.140. The zero-order valence-electron chi connectivity index (χ0n) is 7.71. The highest BCUT2D eigenvalue weighted by Gasteiger charge is 2.19. The van der Waals surface area contributed by atoms with E-state index in [0.29, 0.717) is 16.4 Å². The van der Waals surface area contributed by atoms with Gasteiger partial charge < -0.3 is 5.11 Å². The van der Waals surface area contributed by atoms with Crippen molar-refractivity contribution in [3.63, 3.8) is 0 Å². The molecule has 0 saturated heterocycles. The molecule has 0 radical (unpaired) electrons. The maximum absolute atomic E-state index is 10.7. The molecule has 0 bridgehead atoms. The summed E-state index contributed by atoms with van der Waals surface area (Å²) in [6.45, 7) is 5.07. The fourth-order valence-electron chi connectivity index (χ4n) is 1.12. The molecule has 72 valence electrons. The number of aromatic nitrogens is 2. The van der Waals surface area contributed by atoms with Gasteiger partial charge in [0.15, 0.2) is 0 Å². The van der Waals surface area contributed by atoms with Crippen molar-refractivity contribution < 1.29 is 9.90 Å². The number of nitrogens with zero attached hydrogens (tertiary/aromatic N) is 2. The number of aliphatic carboxylic acids is 1. The summed E-state index contributed by atoms with van der Waals surface area (Å²) in [4.78, 5) is 10.7. The normalized spacial score (nSPS) is 12.9. The second kappa shape index (κ2) is 3.38. The molecule has 0 fully saturated rings. The summed E-state index contributed by atoms with van der Waals surface area (Å²) in [5, 5.41) is 13.3. The highest BCUT2D eigenvalue weighted by Crippen LogP contribution is 2.21. The minimum atomic E-state index is -0.915. The summed E-state index contributed by atoms with van der Waals surface area (Å²) in [7, 11) is 0. The van der Waals surface area contributed by atoms with Crippen LogP contribution >= 0.6 is 11.6 Å². The van der Waals surface area contributed by atoms with Gasteiger partial charge in [-0.15, -0.1) is 0 Å². The number of carbonyl (C=O) groups is 1. The Morgan fingerprint density at radius 3 is 2.46 bits per heavy atom. The number of hydrogen-bond donors (Lipinski definition) is 1. The Kier molecular flexibility index (Phi) is 2.61. The predicted octanol–water partition coefficient (Wildman–Crippen LogP) is 1.80. The summed E-state index contributed by atoms with van der Waals surface area (Å²) < 4.78 is 1.42. The molecule has 1 heterocycles. The molecule has 13 heavy (non-hydrogen) atoms. The van der Waals surface area contributed by atoms with Crippen LogP contribution in [0.5, 0.6) is 0 Å². The smallest absolute Gasteiger partial charge is 0.328 e. The second-order valence-electron chi connectivity index (χ2n) is 2.94. The number of carboxylic acids is 1. The van der Waals surface area contributed by atoms with Gasteiger partial charge in [-0.25, -0.2) is 4.79 Å². The third kappa shape index (κ3) is 1.67. The molecule has 0 unspecified atom stereocenters. The lowest BCUT2D eigenvalue weighted by atomic mass is 10.3. The van der Waals surface area contributed by atoms with Crippen LogP contribution in [-0.4, -0.2) is 20.9 Å². The molecule has 1 atom stereocenters. The number of carboxylic acid groups (broad SMARTS) is 1. The predicted molar refractivity (Wildman–Crippen MR) is 49.1 cm³/mol. The van der Waals surface area contributed by atoms with Crippen LogP contribution in [0.2, 0.25) is 5.02 Å². The Morgan fingerprint density at radius 2 is 2.15 bits per heavy atom. The number of halogens is 1. The van der Waals surface area contributed by atoms with Crippen molar-refractivity contribution >= 4 is 17.6 Å². The van der Waals surface area contributed by atoms with Gasteiger partial charge in [0.2, 0.25) is 0 Å². The molecule has 1 N–H and O–H groups in total. The van der Waals surface area contributed by atoms with E-state index in [1.54, 1.807) is 20.8 Å². The van der Waals surface area contributed by atoms with Crippen molar-refractivity contribution in [2.45, 2.75) is 26.8 Å². The Bertz CT molecular complexity index is 346. The van der Waals surface area contributed by atoms with Crippen molar-refractivity contribution in [3.8, 4) is 0 Å². The monoisotopic (exact) mass is 202 g/mol. The van der Waals surface area contributed by atoms with Gasteiger partial charge >= 0.3 is 5.97 Å². The van der Waals surface area contributed by atoms with Crippen LogP contribution in [0.3, 0.4) is 0 Å². The zero-order chi connectivity index (χ0) is 10.2. The van der Waals surface area contributed by atoms with Crippen LogP contribution < -0.4 is 0 Å². The Hall–Kier alpha value is -1.03. The number of rotatable bonds is 2. The molecule has 0 aliphatic rings. The summed E-state index contributed by atoms with van der Waals surface area (Å²) in [5.74, 6) is -0.915. The highest BCUT2D eigenvalue weighted by molar-refractivity contribution is 6.31. The molecule has 1 rings (SSSR count). The number of aryl methyl sites for hydroxylation is 1. The van der Waals surface area contributed by atoms with Gasteiger partial charge in [-0.05, 0) is 20.8 Å². The SMILES string of the molecule is Cc1nn([C@@H](C)C(=O)O)c(C)c1Cl. The molecule has 1 aromatic heterocycles. The summed E-state index contributed by atoms with van der Waals surface area (Å²) in [6, 6.07) is -0.675. The van der Waals surface area contributed by atoms with Crippen LogP contribution in [0.1, 0.15) is 24.4 Å². The largest absolute Gasteiger partial charge is 0.480 e. The molecule has 0 amide bonds. The van der Waals surface area contributed by atoms with E-state index in [4.69, 9.17) is 16.7 Å². The maximum atomic E-state index is 10.7. The molecule has 0 saturated carbocycles. The van der Waals surface area contributed by atoms with Crippen LogP contribution in [0.15, 0.2) is 0 Å². The summed E-state index contributed by atoms with van der Waals surface area (Å²) in [6.07, 6.45) is 0. The first-order chi connectivity index (χ1) is 5.95. The van der Waals surface area contributed by atoms with Gasteiger partial charge in [-0.3, -0.25) is 4.68 Å². The fourth-order valence-corrected chi connectivity index (χ4v) is 1.25. The minimum absolute atomic E-state index is 0.535. The molecule has 5 heteroatoms. The topological polar surface area (TPSA) is 55.1 Å². The van der Waals surface area contributed by atoms with E-state index < -0.39 is 12.0 Å². The van der Waals surface area contributed by atoms with Crippen LogP contribution in [-0.2, 0) is 4.79 Å². The minimum Gasteiger partial charge on any atom is -0.480 e. The third-order valence-corrected chi connectivity index (χ3v) is 2.51. The van der Waals surface area contributed by atoms with Crippen molar-refractivity contribution in [2.75, 3.05) is 0 Å². The first kappa shape index (κ1) is 10.1. The fraction of sp³-hybridized carbons (Fsp3) is 0.500. The molecule has 0 aromatic carbocycles. The first-order valence-electron chi connectivity index (χ1n) is 3.89. The standard InChI is InChI=1S/C8H11ClN2O2/c1-4-7(9)5(2)11(10-4)6(3)8(12)13/h6H,1-3H3,(H,12,13)/t6-/m0/s1. The Morgan fingerprint density at radius 1 is 1.62 bits per heavy atom. The highest BCUT2D eigenvalue weighted by atomic mass is 35.5. The molecule has 0 spiro atoms. The quantitative estimate of drug-likeness (QED) is 0.796. The van der Waals surface area contributed by atoms with Crippen molar-refractivity contribution in [3.05, 3.63) is 16.4 Å². The summed E-state index contributed by atoms with van der Waals surface area (Å²) >= 11 is 5.87. The molecular formula is C8H11ClN2O2. The lowest BCUT2D eigenvalue weighted by Crippen LogP contribution is -2.17. The Labute approximate surface area is 81.1 Å². The van der Waals surface area contributed by atoms with E-state index in [-0.39, 0.29) is 0 Å². The van der Waals surface area contributed by atoms with Gasteiger partial charge in [0, 0.05) is 0 Å². The van der Waals surface area contributed by atoms with Crippen LogP contribution in [0.4, 0.5) is 0 Å². The average molecular weight is 203 g/mol. The van der Waals surface area contributed by atoms with E-state index in [2.05, 4.69) is 5.10 Å². The van der Waals surface area contributed by atoms with E-state index in [1.165, 1.54) is 4.68 Å². The van der Waals surface area contributed by atoms with E-state index >= 15 is 0 Å². The van der Waals surface area contributed by atoms with Gasteiger partial charge in [0.05, 0.1) is 16.4 Å². The second-order valence-corrected chi connectivity index (χ2v) is 3.32. The lowest BCUT2D eigenvalue weighted by Gasteiger charge is -2.08. The maximum Gasteiger partial charge on any atom is 0.328 e. The van der Waals surface area contributed by atoms with E-state index in [9.17, 15) is 4.79 Å². The molecule has 1 aromatic rings. The van der Waals surface area contributed by atoms with Crippen molar-refractivity contribution in [1.29, 1.82) is 0 Å². The summed E-state index contributed by atoms with van der Waals surface area (Å²) in [5.41, 5.74) is 1.35. The average Bonchev–Trinajstić information content (AvgIpc) is 2.31. The van der Waals surface area contributed by atoms with Crippen LogP contribution in [0.25, 0.3) is 0 Å². The zero-order valence-corrected chi connectivity index (χ0v) is 8.46. The number of hydrogen-bond acceptors (Lipinski definition) is 2. The molecular weight excluding hydrogens is 192 g/mol.